The Morgan fingerprint density at radius 1 is 1.47 bits per heavy atom. The largest absolute Gasteiger partial charge is 0.363 e. The van der Waals surface area contributed by atoms with Gasteiger partial charge in [-0.1, -0.05) is 6.42 Å². The molecule has 0 aromatic carbocycles. The zero-order valence-corrected chi connectivity index (χ0v) is 10.4. The van der Waals surface area contributed by atoms with Crippen LogP contribution in [0.1, 0.15) is 38.5 Å². The molecule has 17 heavy (non-hydrogen) atoms. The Morgan fingerprint density at radius 2 is 2.12 bits per heavy atom. The lowest BCUT2D eigenvalue weighted by molar-refractivity contribution is -0.136. The van der Waals surface area contributed by atoms with Crippen molar-refractivity contribution in [2.24, 2.45) is 5.92 Å². The number of carbonyl (C=O) groups excluding carboxylic acids is 1. The van der Waals surface area contributed by atoms with Crippen molar-refractivity contribution in [2.45, 2.75) is 44.1 Å². The quantitative estimate of drug-likeness (QED) is 0.749. The summed E-state index contributed by atoms with van der Waals surface area (Å²) in [6.07, 6.45) is 5.66. The average Bonchev–Trinajstić information content (AvgIpc) is 2.33. The summed E-state index contributed by atoms with van der Waals surface area (Å²) in [4.78, 5) is 13.9. The highest BCUT2D eigenvalue weighted by molar-refractivity contribution is 5.76. The van der Waals surface area contributed by atoms with Crippen LogP contribution in [0.15, 0.2) is 0 Å². The van der Waals surface area contributed by atoms with Crippen LogP contribution >= 0.6 is 0 Å². The van der Waals surface area contributed by atoms with Gasteiger partial charge in [0, 0.05) is 39.5 Å². The van der Waals surface area contributed by atoms with Crippen molar-refractivity contribution in [3.63, 3.8) is 0 Å². The fourth-order valence-electron chi connectivity index (χ4n) is 2.55. The molecule has 4 heteroatoms. The summed E-state index contributed by atoms with van der Waals surface area (Å²) in [5.74, 6) is 0.880. The Labute approximate surface area is 103 Å². The highest BCUT2D eigenvalue weighted by Gasteiger charge is 2.36. The van der Waals surface area contributed by atoms with Crippen LogP contribution in [0.4, 0.5) is 0 Å². The number of nitrogens with zero attached hydrogens (tertiary/aromatic N) is 2. The highest BCUT2D eigenvalue weighted by Crippen LogP contribution is 2.31. The summed E-state index contributed by atoms with van der Waals surface area (Å²) in [5, 5.41) is 9.08. The molecule has 1 heterocycles. The molecule has 4 nitrogen and oxygen atoms in total. The first kappa shape index (κ1) is 12.4. The zero-order chi connectivity index (χ0) is 12.3. The fourth-order valence-corrected chi connectivity index (χ4v) is 2.55. The first-order valence-corrected chi connectivity index (χ1v) is 6.43. The molecule has 0 spiro atoms. The van der Waals surface area contributed by atoms with E-state index in [0.717, 1.165) is 0 Å². The van der Waals surface area contributed by atoms with Gasteiger partial charge in [0.25, 0.3) is 0 Å². The summed E-state index contributed by atoms with van der Waals surface area (Å²) in [7, 11) is 1.58. The van der Waals surface area contributed by atoms with E-state index in [0.29, 0.717) is 38.3 Å². The van der Waals surface area contributed by atoms with Crippen molar-refractivity contribution in [3.8, 4) is 6.07 Å². The molecule has 0 aromatic rings. The molecule has 1 amide bonds. The van der Waals surface area contributed by atoms with Crippen molar-refractivity contribution in [3.05, 3.63) is 0 Å². The molecule has 2 aliphatic rings. The van der Waals surface area contributed by atoms with Gasteiger partial charge in [0.05, 0.1) is 6.07 Å². The minimum Gasteiger partial charge on any atom is -0.363 e. The minimum atomic E-state index is -0.659. The van der Waals surface area contributed by atoms with Crippen molar-refractivity contribution < 1.29 is 9.53 Å². The summed E-state index contributed by atoms with van der Waals surface area (Å²) in [5.41, 5.74) is -0.659. The molecule has 0 aromatic heterocycles. The van der Waals surface area contributed by atoms with Crippen molar-refractivity contribution in [1.82, 2.24) is 4.90 Å². The number of likely N-dealkylation sites (tertiary alicyclic amines) is 1. The van der Waals surface area contributed by atoms with Gasteiger partial charge in [-0.25, -0.2) is 0 Å². The predicted octanol–water partition coefficient (Wildman–Crippen LogP) is 1.71. The van der Waals surface area contributed by atoms with Gasteiger partial charge in [-0.2, -0.15) is 5.26 Å². The Balaban J connectivity index is 1.81. The van der Waals surface area contributed by atoms with Gasteiger partial charge < -0.3 is 9.64 Å². The van der Waals surface area contributed by atoms with Crippen LogP contribution in [0.25, 0.3) is 0 Å². The topological polar surface area (TPSA) is 53.3 Å². The maximum Gasteiger partial charge on any atom is 0.222 e. The number of hydrogen-bond donors (Lipinski definition) is 0. The number of methoxy groups -OCH3 is 1. The number of amides is 1. The van der Waals surface area contributed by atoms with E-state index in [-0.39, 0.29) is 5.91 Å². The number of ether oxygens (including phenoxy) is 1. The van der Waals surface area contributed by atoms with Crippen LogP contribution < -0.4 is 0 Å². The van der Waals surface area contributed by atoms with Crippen LogP contribution in [0.3, 0.4) is 0 Å². The smallest absolute Gasteiger partial charge is 0.222 e. The molecule has 1 saturated heterocycles. The first-order valence-electron chi connectivity index (χ1n) is 6.43. The molecule has 1 saturated carbocycles. The SMILES string of the molecule is COC1(C#N)CCN(C(=O)CC2CCC2)CC1. The first-order chi connectivity index (χ1) is 8.19. The zero-order valence-electron chi connectivity index (χ0n) is 10.4. The molecular formula is C13H20N2O2. The van der Waals surface area contributed by atoms with Gasteiger partial charge in [0.15, 0.2) is 5.60 Å². The monoisotopic (exact) mass is 236 g/mol. The number of piperidine rings is 1. The Kier molecular flexibility index (Phi) is 3.68. The van der Waals surface area contributed by atoms with E-state index < -0.39 is 5.60 Å². The van der Waals surface area contributed by atoms with E-state index >= 15 is 0 Å². The van der Waals surface area contributed by atoms with E-state index in [4.69, 9.17) is 10.00 Å². The van der Waals surface area contributed by atoms with Crippen molar-refractivity contribution in [1.29, 1.82) is 5.26 Å². The Morgan fingerprint density at radius 3 is 2.53 bits per heavy atom. The lowest BCUT2D eigenvalue weighted by atomic mass is 9.82. The van der Waals surface area contributed by atoms with E-state index in [1.807, 2.05) is 4.90 Å². The van der Waals surface area contributed by atoms with E-state index in [1.165, 1.54) is 19.3 Å². The fraction of sp³-hybridized carbons (Fsp3) is 0.846. The van der Waals surface area contributed by atoms with Gasteiger partial charge in [-0.05, 0) is 18.8 Å². The van der Waals surface area contributed by atoms with E-state index in [9.17, 15) is 4.79 Å². The van der Waals surface area contributed by atoms with Crippen LogP contribution in [0, 0.1) is 17.2 Å². The molecule has 0 bridgehead atoms. The molecule has 1 aliphatic heterocycles. The normalized spacial score (nSPS) is 23.9. The second kappa shape index (κ2) is 5.05. The number of nitriles is 1. The van der Waals surface area contributed by atoms with Gasteiger partial charge in [0.1, 0.15) is 0 Å². The molecule has 1 aliphatic carbocycles. The molecule has 0 N–H and O–H groups in total. The molecule has 0 unspecified atom stereocenters. The maximum absolute atomic E-state index is 12.0. The van der Waals surface area contributed by atoms with Crippen LogP contribution in [-0.2, 0) is 9.53 Å². The van der Waals surface area contributed by atoms with Crippen LogP contribution in [0.5, 0.6) is 0 Å². The second-order valence-electron chi connectivity index (χ2n) is 5.19. The molecular weight excluding hydrogens is 216 g/mol. The van der Waals surface area contributed by atoms with Crippen LogP contribution in [-0.4, -0.2) is 36.6 Å². The molecule has 0 radical (unpaired) electrons. The van der Waals surface area contributed by atoms with E-state index in [1.54, 1.807) is 7.11 Å². The molecule has 0 atom stereocenters. The summed E-state index contributed by atoms with van der Waals surface area (Å²) < 4.78 is 5.27. The van der Waals surface area contributed by atoms with Gasteiger partial charge >= 0.3 is 0 Å². The maximum atomic E-state index is 12.0. The second-order valence-corrected chi connectivity index (χ2v) is 5.19. The summed E-state index contributed by atoms with van der Waals surface area (Å²) in [6.45, 7) is 1.32. The van der Waals surface area contributed by atoms with Gasteiger partial charge in [-0.3, -0.25) is 4.79 Å². The number of rotatable bonds is 3. The third-order valence-corrected chi connectivity index (χ3v) is 4.21. The standard InChI is InChI=1S/C13H20N2O2/c1-17-13(10-14)5-7-15(8-6-13)12(16)9-11-3-2-4-11/h11H,2-9H2,1H3. The Bertz CT molecular complexity index is 323. The number of carbonyl (C=O) groups is 1. The van der Waals surface area contributed by atoms with Crippen molar-refractivity contribution in [2.75, 3.05) is 20.2 Å². The number of hydrogen-bond acceptors (Lipinski definition) is 3. The molecule has 94 valence electrons. The average molecular weight is 236 g/mol. The lowest BCUT2D eigenvalue weighted by Gasteiger charge is -2.37. The summed E-state index contributed by atoms with van der Waals surface area (Å²) >= 11 is 0. The predicted molar refractivity (Wildman–Crippen MR) is 63.1 cm³/mol. The third kappa shape index (κ3) is 2.61. The molecule has 2 fully saturated rings. The van der Waals surface area contributed by atoms with Crippen molar-refractivity contribution >= 4 is 5.91 Å². The third-order valence-electron chi connectivity index (χ3n) is 4.21. The minimum absolute atomic E-state index is 0.261. The molecule has 2 rings (SSSR count). The van der Waals surface area contributed by atoms with Gasteiger partial charge in [-0.15, -0.1) is 0 Å². The highest BCUT2D eigenvalue weighted by atomic mass is 16.5. The van der Waals surface area contributed by atoms with E-state index in [2.05, 4.69) is 6.07 Å². The van der Waals surface area contributed by atoms with Gasteiger partial charge in [0.2, 0.25) is 5.91 Å². The Hall–Kier alpha value is -1.08. The van der Waals surface area contributed by atoms with Crippen LogP contribution in [0.2, 0.25) is 0 Å². The lowest BCUT2D eigenvalue weighted by Crippen LogP contribution is -2.47. The summed E-state index contributed by atoms with van der Waals surface area (Å²) in [6, 6.07) is 2.23.